The first kappa shape index (κ1) is 17.3. The number of carbonyl (C=O) groups is 2. The molecule has 0 bridgehead atoms. The fourth-order valence-corrected chi connectivity index (χ4v) is 2.59. The van der Waals surface area contributed by atoms with E-state index in [4.69, 9.17) is 11.6 Å². The van der Waals surface area contributed by atoms with Crippen LogP contribution in [-0.2, 0) is 16.1 Å². The fraction of sp³-hybridized carbons (Fsp3) is 0.263. The summed E-state index contributed by atoms with van der Waals surface area (Å²) in [6, 6.07) is 14.8. The zero-order valence-corrected chi connectivity index (χ0v) is 14.5. The van der Waals surface area contributed by atoms with E-state index < -0.39 is 0 Å². The van der Waals surface area contributed by atoms with Crippen LogP contribution in [0.15, 0.2) is 48.5 Å². The number of nitrogens with one attached hydrogen (secondary N) is 3. The van der Waals surface area contributed by atoms with E-state index >= 15 is 0 Å². The van der Waals surface area contributed by atoms with E-state index in [0.717, 1.165) is 29.8 Å². The average Bonchev–Trinajstić information content (AvgIpc) is 3.45. The standard InChI is InChI=1S/C19H20ClN3O2/c20-16-6-1-2-7-17(16)21-12-18(24)22-11-13-4-3-5-15(10-13)23-19(25)14-8-9-14/h1-7,10,14,21H,8-9,11-12H2,(H,22,24)(H,23,25). The molecule has 1 fully saturated rings. The van der Waals surface area contributed by atoms with Gasteiger partial charge in [-0.3, -0.25) is 9.59 Å². The molecule has 1 aliphatic carbocycles. The highest BCUT2D eigenvalue weighted by Gasteiger charge is 2.29. The predicted molar refractivity (Wildman–Crippen MR) is 99.6 cm³/mol. The van der Waals surface area contributed by atoms with Crippen LogP contribution in [0, 0.1) is 5.92 Å². The summed E-state index contributed by atoms with van der Waals surface area (Å²) in [5, 5.41) is 9.34. The van der Waals surface area contributed by atoms with Crippen molar-refractivity contribution in [3.8, 4) is 0 Å². The lowest BCUT2D eigenvalue weighted by Gasteiger charge is -2.10. The Balaban J connectivity index is 1.46. The molecule has 0 aromatic heterocycles. The lowest BCUT2D eigenvalue weighted by Crippen LogP contribution is -2.29. The Labute approximate surface area is 151 Å². The molecule has 0 spiro atoms. The summed E-state index contributed by atoms with van der Waals surface area (Å²) in [5.74, 6) is 0.108. The smallest absolute Gasteiger partial charge is 0.239 e. The highest BCUT2D eigenvalue weighted by molar-refractivity contribution is 6.33. The SMILES string of the molecule is O=C(CNc1ccccc1Cl)NCc1cccc(NC(=O)C2CC2)c1. The molecule has 0 aliphatic heterocycles. The number of amides is 2. The molecule has 2 aromatic rings. The molecule has 0 unspecified atom stereocenters. The van der Waals surface area contributed by atoms with Crippen molar-refractivity contribution in [3.63, 3.8) is 0 Å². The van der Waals surface area contributed by atoms with Gasteiger partial charge in [-0.25, -0.2) is 0 Å². The molecule has 5 nitrogen and oxygen atoms in total. The van der Waals surface area contributed by atoms with Crippen molar-refractivity contribution in [1.82, 2.24) is 5.32 Å². The van der Waals surface area contributed by atoms with Gasteiger partial charge in [0.25, 0.3) is 0 Å². The molecule has 1 saturated carbocycles. The van der Waals surface area contributed by atoms with E-state index in [1.807, 2.05) is 42.5 Å². The molecule has 0 radical (unpaired) electrons. The maximum Gasteiger partial charge on any atom is 0.239 e. The highest BCUT2D eigenvalue weighted by Crippen LogP contribution is 2.30. The van der Waals surface area contributed by atoms with Crippen LogP contribution in [0.3, 0.4) is 0 Å². The molecule has 1 aliphatic rings. The van der Waals surface area contributed by atoms with E-state index in [9.17, 15) is 9.59 Å². The van der Waals surface area contributed by atoms with Crippen LogP contribution in [0.4, 0.5) is 11.4 Å². The summed E-state index contributed by atoms with van der Waals surface area (Å²) < 4.78 is 0. The van der Waals surface area contributed by atoms with Gasteiger partial charge in [-0.1, -0.05) is 35.9 Å². The summed E-state index contributed by atoms with van der Waals surface area (Å²) in [6.07, 6.45) is 1.94. The molecule has 2 aromatic carbocycles. The number of carbonyl (C=O) groups excluding carboxylic acids is 2. The van der Waals surface area contributed by atoms with Gasteiger partial charge in [-0.2, -0.15) is 0 Å². The van der Waals surface area contributed by atoms with Gasteiger partial charge in [0.05, 0.1) is 17.3 Å². The lowest BCUT2D eigenvalue weighted by atomic mass is 10.2. The van der Waals surface area contributed by atoms with E-state index in [0.29, 0.717) is 11.6 Å². The highest BCUT2D eigenvalue weighted by atomic mass is 35.5. The number of hydrogen-bond donors (Lipinski definition) is 3. The Hall–Kier alpha value is -2.53. The van der Waals surface area contributed by atoms with Crippen molar-refractivity contribution in [3.05, 3.63) is 59.1 Å². The molecular weight excluding hydrogens is 338 g/mol. The molecule has 2 amide bonds. The Morgan fingerprint density at radius 3 is 2.64 bits per heavy atom. The van der Waals surface area contributed by atoms with Crippen LogP contribution < -0.4 is 16.0 Å². The van der Waals surface area contributed by atoms with Gasteiger partial charge in [-0.15, -0.1) is 0 Å². The normalized spacial score (nSPS) is 13.2. The van der Waals surface area contributed by atoms with E-state index in [-0.39, 0.29) is 24.3 Å². The first-order valence-electron chi connectivity index (χ1n) is 8.27. The second-order valence-electron chi connectivity index (χ2n) is 6.07. The summed E-state index contributed by atoms with van der Waals surface area (Å²) in [5.41, 5.74) is 2.42. The summed E-state index contributed by atoms with van der Waals surface area (Å²) in [6.45, 7) is 0.540. The Bertz CT molecular complexity index is 775. The van der Waals surface area contributed by atoms with Gasteiger partial charge in [-0.05, 0) is 42.7 Å². The van der Waals surface area contributed by atoms with Gasteiger partial charge in [0, 0.05) is 18.2 Å². The van der Waals surface area contributed by atoms with E-state index in [1.165, 1.54) is 0 Å². The third kappa shape index (κ3) is 5.22. The molecule has 0 saturated heterocycles. The number of rotatable bonds is 7. The minimum absolute atomic E-state index is 0.0742. The molecule has 0 heterocycles. The first-order chi connectivity index (χ1) is 12.1. The van der Waals surface area contributed by atoms with Gasteiger partial charge >= 0.3 is 0 Å². The largest absolute Gasteiger partial charge is 0.375 e. The zero-order chi connectivity index (χ0) is 17.6. The number of benzene rings is 2. The molecule has 0 atom stereocenters. The first-order valence-corrected chi connectivity index (χ1v) is 8.64. The summed E-state index contributed by atoms with van der Waals surface area (Å²) >= 11 is 6.04. The maximum atomic E-state index is 12.0. The third-order valence-corrected chi connectivity index (χ3v) is 4.28. The summed E-state index contributed by atoms with van der Waals surface area (Å²) in [7, 11) is 0. The molecule has 3 N–H and O–H groups in total. The molecular formula is C19H20ClN3O2. The van der Waals surface area contributed by atoms with Crippen molar-refractivity contribution >= 4 is 34.8 Å². The third-order valence-electron chi connectivity index (χ3n) is 3.95. The molecule has 3 rings (SSSR count). The topological polar surface area (TPSA) is 70.2 Å². The minimum atomic E-state index is -0.132. The Morgan fingerprint density at radius 2 is 1.88 bits per heavy atom. The van der Waals surface area contributed by atoms with E-state index in [1.54, 1.807) is 6.07 Å². The van der Waals surface area contributed by atoms with Crippen LogP contribution in [0.1, 0.15) is 18.4 Å². The zero-order valence-electron chi connectivity index (χ0n) is 13.7. The number of para-hydroxylation sites is 1. The van der Waals surface area contributed by atoms with Gasteiger partial charge in [0.15, 0.2) is 0 Å². The van der Waals surface area contributed by atoms with Gasteiger partial charge in [0.1, 0.15) is 0 Å². The van der Waals surface area contributed by atoms with Crippen molar-refractivity contribution in [2.75, 3.05) is 17.2 Å². The van der Waals surface area contributed by atoms with Crippen LogP contribution >= 0.6 is 11.6 Å². The fourth-order valence-electron chi connectivity index (χ4n) is 2.39. The second kappa shape index (κ2) is 8.03. The maximum absolute atomic E-state index is 12.0. The number of halogens is 1. The molecule has 130 valence electrons. The number of hydrogen-bond acceptors (Lipinski definition) is 3. The second-order valence-corrected chi connectivity index (χ2v) is 6.48. The Morgan fingerprint density at radius 1 is 1.08 bits per heavy atom. The Kier molecular flexibility index (Phi) is 5.56. The average molecular weight is 358 g/mol. The van der Waals surface area contributed by atoms with Crippen LogP contribution in [0.25, 0.3) is 0 Å². The minimum Gasteiger partial charge on any atom is -0.375 e. The van der Waals surface area contributed by atoms with Crippen molar-refractivity contribution < 1.29 is 9.59 Å². The van der Waals surface area contributed by atoms with Gasteiger partial charge in [0.2, 0.25) is 11.8 Å². The molecule has 6 heteroatoms. The quantitative estimate of drug-likeness (QED) is 0.711. The predicted octanol–water partition coefficient (Wildman–Crippen LogP) is 3.42. The number of anilines is 2. The van der Waals surface area contributed by atoms with Crippen molar-refractivity contribution in [2.45, 2.75) is 19.4 Å². The van der Waals surface area contributed by atoms with Crippen LogP contribution in [0.5, 0.6) is 0 Å². The van der Waals surface area contributed by atoms with Crippen LogP contribution in [0.2, 0.25) is 5.02 Å². The van der Waals surface area contributed by atoms with E-state index in [2.05, 4.69) is 16.0 Å². The van der Waals surface area contributed by atoms with Gasteiger partial charge < -0.3 is 16.0 Å². The summed E-state index contributed by atoms with van der Waals surface area (Å²) in [4.78, 5) is 23.8. The van der Waals surface area contributed by atoms with Crippen LogP contribution in [-0.4, -0.2) is 18.4 Å². The lowest BCUT2D eigenvalue weighted by molar-refractivity contribution is -0.119. The monoisotopic (exact) mass is 357 g/mol. The van der Waals surface area contributed by atoms with Crippen molar-refractivity contribution in [1.29, 1.82) is 0 Å². The van der Waals surface area contributed by atoms with Crippen molar-refractivity contribution in [2.24, 2.45) is 5.92 Å². The molecule has 25 heavy (non-hydrogen) atoms.